The number of piperidine rings is 1. The molecule has 0 bridgehead atoms. The number of halogens is 3. The molecule has 2 aliphatic carbocycles. The fraction of sp³-hybridized carbons (Fsp3) is 0.554. The van der Waals surface area contributed by atoms with Crippen LogP contribution in [0, 0.1) is 73.3 Å². The lowest BCUT2D eigenvalue weighted by atomic mass is 9.74. The summed E-state index contributed by atoms with van der Waals surface area (Å²) in [6.45, 7) is 77.3. The van der Waals surface area contributed by atoms with Gasteiger partial charge < -0.3 is 9.64 Å². The molecular formula is C130H194Cl2FN7O4S4. The second-order valence-corrected chi connectivity index (χ2v) is 58.7. The molecule has 2 unspecified atom stereocenters. The van der Waals surface area contributed by atoms with Crippen molar-refractivity contribution in [2.45, 2.75) is 385 Å². The minimum absolute atomic E-state index is 0.137. The van der Waals surface area contributed by atoms with E-state index in [-0.39, 0.29) is 27.5 Å². The van der Waals surface area contributed by atoms with Crippen LogP contribution in [0.15, 0.2) is 236 Å². The van der Waals surface area contributed by atoms with Crippen LogP contribution < -0.4 is 9.46 Å². The summed E-state index contributed by atoms with van der Waals surface area (Å²) < 4.78 is 47.8. The predicted octanol–water partition coefficient (Wildman–Crippen LogP) is 38.6. The second-order valence-electron chi connectivity index (χ2n) is 52.6. The van der Waals surface area contributed by atoms with E-state index in [2.05, 4.69) is 344 Å². The summed E-state index contributed by atoms with van der Waals surface area (Å²) in [5, 5.41) is 2.08. The van der Waals surface area contributed by atoms with Gasteiger partial charge in [-0.05, 0) is 342 Å². The zero-order valence-corrected chi connectivity index (χ0v) is 103. The molecule has 1 saturated heterocycles. The summed E-state index contributed by atoms with van der Waals surface area (Å²) in [4.78, 5) is 36.5. The minimum atomic E-state index is -3.37. The summed E-state index contributed by atoms with van der Waals surface area (Å²) in [5.74, 6) is 6.56. The number of rotatable bonds is 19. The molecule has 1 N–H and O–H groups in total. The van der Waals surface area contributed by atoms with Gasteiger partial charge in [0.1, 0.15) is 23.1 Å². The van der Waals surface area contributed by atoms with E-state index >= 15 is 0 Å². The fourth-order valence-electron chi connectivity index (χ4n) is 15.6. The van der Waals surface area contributed by atoms with Crippen LogP contribution >= 0.6 is 57.6 Å². The van der Waals surface area contributed by atoms with Gasteiger partial charge >= 0.3 is 0 Å². The number of amides is 1. The Balaban J connectivity index is 0.000000341. The molecule has 6 aromatic carbocycles. The highest BCUT2D eigenvalue weighted by Gasteiger charge is 2.32. The van der Waals surface area contributed by atoms with E-state index in [9.17, 15) is 17.6 Å². The van der Waals surface area contributed by atoms with Crippen LogP contribution in [0.25, 0.3) is 10.2 Å². The standard InChI is InChI=1S/C16H25NO2S.C16H18O.C13H17NS.C12H17F.C11H15Cl.C11H18N2.C11H17NS.C11H17N.C10H19NO.C10H18.C9H13ClS/c1-16(2,3)10-11-17-20(18,19)15-9-8-13-6-4-5-7-14(13)12-15;1-16(2,3)13-9-11-15(12-10-13)17-14-7-5-4-6-8-14;1-13(2,3)9-8-12-14-10-6-4-5-7-11(10)15-12;1-12(2,3)9-8-10-4-6-11(13)7-5-10;1-11(2,3)8-9-4-6-10(12)7-5-9;1-11(2,3)7-4-6-10-12-8-5-9-13-10;1-11(2,3)9-13-8-10-6-4-5-7-12-10;1-11(2,3)8-7-10-6-4-5-9-12-10;1-10(2,3)8-5-6-11(4)9(12)7-8;1-10(2,3)9-7-5-4-6-8-9;1-6-5-7(8(10)11-6)9(2,3)4/h8-9,12,17H,4-7,10-11H2,1-3H3;4-12H,1-3H3;4-7H,8-9H2,1-3H3;4-7H,8-9H2,1-3H3;4-7H,8H2,1-3H3;5,8-9H,4,6-7H2,1-3H3;4-7H,8-9H2,1-3H3;4-6,9H,7-8H2,1-3H3;8H,5-7H2,1-4H3;4-5,9H,6-8H2,1-3H3;5H,1-4H3. The number of benzene rings is 6. The van der Waals surface area contributed by atoms with Crippen LogP contribution in [0.3, 0.4) is 0 Å². The number of carbonyl (C=O) groups is 1. The maximum atomic E-state index is 12.6. The number of carbonyl (C=O) groups excluding carboxylic acids is 1. The zero-order valence-electron chi connectivity index (χ0n) is 98.1. The Morgan fingerprint density at radius 2 is 1.00 bits per heavy atom. The van der Waals surface area contributed by atoms with Crippen molar-refractivity contribution in [3.63, 3.8) is 0 Å². The average Bonchev–Trinajstić information content (AvgIpc) is 0.867. The molecule has 2 atom stereocenters. The third kappa shape index (κ3) is 61.7. The third-order valence-electron chi connectivity index (χ3n) is 25.0. The van der Waals surface area contributed by atoms with Gasteiger partial charge in [0.05, 0.1) is 30.1 Å². The molecule has 14 rings (SSSR count). The van der Waals surface area contributed by atoms with Gasteiger partial charge in [0.25, 0.3) is 0 Å². The van der Waals surface area contributed by atoms with E-state index in [0.29, 0.717) is 61.2 Å². The van der Waals surface area contributed by atoms with Crippen molar-refractivity contribution in [3.8, 4) is 11.5 Å². The quantitative estimate of drug-likeness (QED) is 0.0778. The van der Waals surface area contributed by atoms with Gasteiger partial charge in [-0.1, -0.05) is 349 Å². The number of thiophene rings is 1. The number of para-hydroxylation sites is 2. The van der Waals surface area contributed by atoms with E-state index in [1.807, 2.05) is 157 Å². The molecule has 148 heavy (non-hydrogen) atoms. The van der Waals surface area contributed by atoms with Crippen molar-refractivity contribution >= 4 is 83.8 Å². The van der Waals surface area contributed by atoms with Gasteiger partial charge in [0.2, 0.25) is 15.9 Å². The van der Waals surface area contributed by atoms with Gasteiger partial charge in [0, 0.05) is 79.1 Å². The van der Waals surface area contributed by atoms with Crippen LogP contribution in [0.4, 0.5) is 4.39 Å². The number of thioether (sulfide) groups is 1. The van der Waals surface area contributed by atoms with E-state index in [1.165, 1.54) is 129 Å². The normalized spacial score (nSPS) is 14.5. The average molecular weight is 2140 g/mol. The Hall–Kier alpha value is -7.93. The molecular weight excluding hydrogens is 1940 g/mol. The number of sulfonamides is 1. The predicted molar refractivity (Wildman–Crippen MR) is 645 cm³/mol. The molecule has 18 heteroatoms. The zero-order chi connectivity index (χ0) is 111. The highest BCUT2D eigenvalue weighted by molar-refractivity contribution is 7.98. The molecule has 1 fully saturated rings. The first-order chi connectivity index (χ1) is 68.5. The molecule has 6 heterocycles. The lowest BCUT2D eigenvalue weighted by Crippen LogP contribution is -2.39. The van der Waals surface area contributed by atoms with Crippen molar-refractivity contribution in [2.24, 2.45) is 60.6 Å². The van der Waals surface area contributed by atoms with Crippen molar-refractivity contribution in [1.82, 2.24) is 34.5 Å². The summed E-state index contributed by atoms with van der Waals surface area (Å²) in [6, 6.07) is 63.1. The maximum Gasteiger partial charge on any atom is 0.240 e. The number of fused-ring (bicyclic) bond motifs is 2. The molecule has 818 valence electrons. The number of likely N-dealkylation sites (tertiary alicyclic amines) is 1. The first-order valence-corrected chi connectivity index (χ1v) is 59.1. The van der Waals surface area contributed by atoms with E-state index < -0.39 is 10.0 Å². The molecule has 0 spiro atoms. The molecule has 0 saturated carbocycles. The molecule has 5 aromatic heterocycles. The van der Waals surface area contributed by atoms with Gasteiger partial charge in [-0.15, -0.1) is 22.7 Å². The Morgan fingerprint density at radius 1 is 0.480 bits per heavy atom. The Labute approximate surface area is 923 Å². The maximum absolute atomic E-state index is 12.6. The number of ether oxygens (including phenoxy) is 1. The number of nitrogens with one attached hydrogen (secondary N) is 1. The van der Waals surface area contributed by atoms with Gasteiger partial charge in [0.15, 0.2) is 0 Å². The van der Waals surface area contributed by atoms with Crippen molar-refractivity contribution in [3.05, 3.63) is 307 Å². The molecule has 3 aliphatic rings. The SMILES string of the molecule is CC(C)(C)C1CC=CCC1.CC(C)(C)CCCc1ncccn1.CC(C)(C)CCNS(=O)(=O)c1ccc2c(c1)CCCC2.CC(C)(C)CCc1ccc(F)cc1.CC(C)(C)CCc1ccccn1.CC(C)(C)CCc1nc2ccccc2s1.CC(C)(C)CSCc1ccccn1.CC(C)(C)Cc1ccc(Cl)cc1.CC(C)(C)c1ccc(Oc2ccccc2)cc1.CN1CCC(C(C)(C)C)CC1=O.Cc1cc(C(C)(C)C)c(Cl)s1. The summed E-state index contributed by atoms with van der Waals surface area (Å²) in [7, 11) is -1.48. The summed E-state index contributed by atoms with van der Waals surface area (Å²) in [5.41, 5.74) is 14.9. The van der Waals surface area contributed by atoms with Crippen molar-refractivity contribution < 1.29 is 22.3 Å². The topological polar surface area (TPSA) is 140 Å². The van der Waals surface area contributed by atoms with Crippen LogP contribution in [-0.2, 0) is 76.3 Å². The lowest BCUT2D eigenvalue weighted by Gasteiger charge is -2.36. The van der Waals surface area contributed by atoms with E-state index in [0.717, 1.165) is 127 Å². The van der Waals surface area contributed by atoms with Crippen LogP contribution in [0.1, 0.15) is 372 Å². The highest BCUT2D eigenvalue weighted by atomic mass is 35.5. The number of allylic oxidation sites excluding steroid dienone is 2. The number of nitrogens with zero attached hydrogens (tertiary/aromatic N) is 6. The molecule has 0 radical (unpaired) electrons. The molecule has 11 nitrogen and oxygen atoms in total. The Morgan fingerprint density at radius 3 is 1.48 bits per heavy atom. The molecule has 1 amide bonds. The van der Waals surface area contributed by atoms with Crippen molar-refractivity contribution in [2.75, 3.05) is 25.9 Å². The first-order valence-electron chi connectivity index (χ1n) is 54.1. The minimum Gasteiger partial charge on any atom is -0.457 e. The second kappa shape index (κ2) is 63.0. The number of pyridine rings is 2. The van der Waals surface area contributed by atoms with Crippen LogP contribution in [0.5, 0.6) is 11.5 Å². The Kier molecular flexibility index (Phi) is 56.4. The number of hydrogen-bond acceptors (Lipinski definition) is 12. The lowest BCUT2D eigenvalue weighted by molar-refractivity contribution is -0.135. The smallest absolute Gasteiger partial charge is 0.240 e. The summed E-state index contributed by atoms with van der Waals surface area (Å²) in [6.07, 6.45) is 34.4. The summed E-state index contributed by atoms with van der Waals surface area (Å²) >= 11 is 17.3. The van der Waals surface area contributed by atoms with Gasteiger partial charge in [-0.3, -0.25) is 14.8 Å². The van der Waals surface area contributed by atoms with E-state index in [4.69, 9.17) is 27.9 Å². The monoisotopic (exact) mass is 2130 g/mol. The first kappa shape index (κ1) is 132. The van der Waals surface area contributed by atoms with Crippen LogP contribution in [0.2, 0.25) is 9.36 Å². The Bertz CT molecular complexity index is 5550. The number of aromatic nitrogens is 5. The number of hydrogen-bond donors (Lipinski definition) is 1. The highest BCUT2D eigenvalue weighted by Crippen LogP contribution is 2.40. The molecule has 11 aromatic rings. The number of aryl methyl sites for hydroxylation is 7. The third-order valence-corrected chi connectivity index (χ3v) is 30.6. The van der Waals surface area contributed by atoms with Crippen LogP contribution in [-0.4, -0.2) is 70.0 Å². The molecule has 1 aliphatic heterocycles. The fourth-order valence-corrected chi connectivity index (χ4v) is 20.5. The largest absolute Gasteiger partial charge is 0.457 e. The van der Waals surface area contributed by atoms with E-state index in [1.54, 1.807) is 29.8 Å². The van der Waals surface area contributed by atoms with Gasteiger partial charge in [-0.25, -0.2) is 32.5 Å². The number of thiazole rings is 1. The van der Waals surface area contributed by atoms with Crippen molar-refractivity contribution in [1.29, 1.82) is 0 Å². The van der Waals surface area contributed by atoms with Gasteiger partial charge in [-0.2, -0.15) is 11.8 Å².